The highest BCUT2D eigenvalue weighted by atomic mass is 19.1. The van der Waals surface area contributed by atoms with Crippen molar-refractivity contribution < 1.29 is 4.39 Å². The zero-order chi connectivity index (χ0) is 21.7. The van der Waals surface area contributed by atoms with Gasteiger partial charge in [0.25, 0.3) is 0 Å². The highest BCUT2D eigenvalue weighted by Crippen LogP contribution is 2.25. The molecule has 0 N–H and O–H groups in total. The molecule has 0 bridgehead atoms. The molecule has 0 spiro atoms. The van der Waals surface area contributed by atoms with Gasteiger partial charge >= 0.3 is 0 Å². The first kappa shape index (κ1) is 25.3. The van der Waals surface area contributed by atoms with Crippen LogP contribution in [0.3, 0.4) is 0 Å². The first-order chi connectivity index (χ1) is 13.6. The van der Waals surface area contributed by atoms with Gasteiger partial charge in [-0.15, -0.1) is 20.4 Å². The highest BCUT2D eigenvalue weighted by molar-refractivity contribution is 5.64. The Balaban J connectivity index is 0.00000111. The number of hydrogen-bond acceptors (Lipinski definition) is 4. The summed E-state index contributed by atoms with van der Waals surface area (Å²) in [6.07, 6.45) is 0. The molecular formula is C23H33FN4. The Hall–Kier alpha value is -2.69. The van der Waals surface area contributed by atoms with Crippen molar-refractivity contribution in [2.24, 2.45) is 0 Å². The first-order valence-corrected chi connectivity index (χ1v) is 9.97. The van der Waals surface area contributed by atoms with Crippen molar-refractivity contribution in [1.29, 1.82) is 0 Å². The third-order valence-corrected chi connectivity index (χ3v) is 3.63. The van der Waals surface area contributed by atoms with E-state index in [0.29, 0.717) is 11.4 Å². The number of hydrogen-bond donors (Lipinski definition) is 0. The summed E-state index contributed by atoms with van der Waals surface area (Å²) in [4.78, 5) is 0. The van der Waals surface area contributed by atoms with Crippen molar-refractivity contribution in [2.45, 2.75) is 62.3 Å². The van der Waals surface area contributed by atoms with Crippen LogP contribution < -0.4 is 0 Å². The second-order valence-corrected chi connectivity index (χ2v) is 5.25. The normalized spacial score (nSPS) is 9.07. The highest BCUT2D eigenvalue weighted by Gasteiger charge is 2.14. The van der Waals surface area contributed by atoms with Crippen LogP contribution in [0.5, 0.6) is 0 Å². The molecule has 1 heterocycles. The van der Waals surface area contributed by atoms with Gasteiger partial charge in [-0.05, 0) is 43.5 Å². The average molecular weight is 385 g/mol. The number of aryl methyl sites for hydroxylation is 3. The second kappa shape index (κ2) is 13.5. The largest absolute Gasteiger partial charge is 0.206 e. The van der Waals surface area contributed by atoms with Crippen LogP contribution in [0.1, 0.15) is 58.2 Å². The van der Waals surface area contributed by atoms with Crippen LogP contribution in [0.25, 0.3) is 22.8 Å². The van der Waals surface area contributed by atoms with Crippen molar-refractivity contribution in [3.63, 3.8) is 0 Å². The van der Waals surface area contributed by atoms with Gasteiger partial charge in [0.1, 0.15) is 5.82 Å². The van der Waals surface area contributed by atoms with Gasteiger partial charge < -0.3 is 0 Å². The lowest BCUT2D eigenvalue weighted by Gasteiger charge is -2.08. The van der Waals surface area contributed by atoms with E-state index in [1.807, 2.05) is 73.6 Å². The SMILES string of the molecule is CC.CC.CC.Cc1cccc(C)c1-c1nnc(-c2c(C)cccc2F)nn1. The molecule has 4 nitrogen and oxygen atoms in total. The topological polar surface area (TPSA) is 51.6 Å². The predicted octanol–water partition coefficient (Wildman–Crippen LogP) is 6.74. The molecule has 0 saturated heterocycles. The van der Waals surface area contributed by atoms with Gasteiger partial charge in [0, 0.05) is 5.56 Å². The van der Waals surface area contributed by atoms with Gasteiger partial charge in [-0.3, -0.25) is 0 Å². The maximum Gasteiger partial charge on any atom is 0.206 e. The minimum absolute atomic E-state index is 0.200. The molecule has 3 rings (SSSR count). The maximum absolute atomic E-state index is 14.0. The molecule has 0 aliphatic rings. The van der Waals surface area contributed by atoms with Crippen molar-refractivity contribution in [3.8, 4) is 22.8 Å². The van der Waals surface area contributed by atoms with E-state index in [4.69, 9.17) is 0 Å². The fourth-order valence-electron chi connectivity index (χ4n) is 2.51. The van der Waals surface area contributed by atoms with Gasteiger partial charge in [-0.25, -0.2) is 4.39 Å². The van der Waals surface area contributed by atoms with Crippen LogP contribution >= 0.6 is 0 Å². The molecule has 1 aromatic heterocycles. The number of nitrogens with zero attached hydrogens (tertiary/aromatic N) is 4. The molecule has 28 heavy (non-hydrogen) atoms. The van der Waals surface area contributed by atoms with Gasteiger partial charge in [0.15, 0.2) is 0 Å². The summed E-state index contributed by atoms with van der Waals surface area (Å²) in [5.41, 5.74) is 4.12. The van der Waals surface area contributed by atoms with Crippen LogP contribution in [0.15, 0.2) is 36.4 Å². The summed E-state index contributed by atoms with van der Waals surface area (Å²) in [5.74, 6) is 0.280. The van der Waals surface area contributed by atoms with Crippen molar-refractivity contribution >= 4 is 0 Å². The molecular weight excluding hydrogens is 351 g/mol. The Labute approximate surface area is 169 Å². The standard InChI is InChI=1S/C17H15FN4.3C2H6/c1-10-6-4-7-11(2)14(10)16-19-21-17(22-20-16)15-12(3)8-5-9-13(15)18;3*1-2/h4-9H,1-3H3;3*1-2H3. The van der Waals surface area contributed by atoms with Crippen molar-refractivity contribution in [2.75, 3.05) is 0 Å². The fraction of sp³-hybridized carbons (Fsp3) is 0.391. The summed E-state index contributed by atoms with van der Waals surface area (Å²) in [6.45, 7) is 17.8. The molecule has 0 fully saturated rings. The number of aromatic nitrogens is 4. The smallest absolute Gasteiger partial charge is 0.206 e. The van der Waals surface area contributed by atoms with E-state index in [2.05, 4.69) is 20.4 Å². The van der Waals surface area contributed by atoms with Gasteiger partial charge in [0.2, 0.25) is 11.6 Å². The molecule has 3 aromatic rings. The molecule has 0 aliphatic heterocycles. The second-order valence-electron chi connectivity index (χ2n) is 5.25. The van der Waals surface area contributed by atoms with Crippen LogP contribution in [-0.2, 0) is 0 Å². The van der Waals surface area contributed by atoms with Gasteiger partial charge in [-0.2, -0.15) is 0 Å². The Morgan fingerprint density at radius 3 is 1.25 bits per heavy atom. The zero-order valence-electron chi connectivity index (χ0n) is 18.6. The predicted molar refractivity (Wildman–Crippen MR) is 117 cm³/mol. The number of rotatable bonds is 2. The van der Waals surface area contributed by atoms with Crippen molar-refractivity contribution in [3.05, 3.63) is 58.9 Å². The molecule has 0 atom stereocenters. The van der Waals surface area contributed by atoms with Crippen LogP contribution in [0.2, 0.25) is 0 Å². The minimum Gasteiger partial charge on any atom is -0.206 e. The Morgan fingerprint density at radius 2 is 0.857 bits per heavy atom. The summed E-state index contributed by atoms with van der Waals surface area (Å²) < 4.78 is 14.0. The molecule has 2 aromatic carbocycles. The summed E-state index contributed by atoms with van der Waals surface area (Å²) in [7, 11) is 0. The molecule has 152 valence electrons. The first-order valence-electron chi connectivity index (χ1n) is 9.97. The van der Waals surface area contributed by atoms with Gasteiger partial charge in [-0.1, -0.05) is 71.9 Å². The molecule has 0 aliphatic carbocycles. The molecule has 5 heteroatoms. The van der Waals surface area contributed by atoms with E-state index >= 15 is 0 Å². The lowest BCUT2D eigenvalue weighted by atomic mass is 10.0. The number of halogens is 1. The lowest BCUT2D eigenvalue weighted by Crippen LogP contribution is -2.03. The van der Waals surface area contributed by atoms with E-state index in [1.165, 1.54) is 6.07 Å². The summed E-state index contributed by atoms with van der Waals surface area (Å²) in [6, 6.07) is 10.8. The summed E-state index contributed by atoms with van der Waals surface area (Å²) >= 11 is 0. The minimum atomic E-state index is -0.372. The zero-order valence-corrected chi connectivity index (χ0v) is 18.6. The lowest BCUT2D eigenvalue weighted by molar-refractivity contribution is 0.627. The molecule has 0 radical (unpaired) electrons. The van der Waals surface area contributed by atoms with E-state index in [-0.39, 0.29) is 11.6 Å². The third kappa shape index (κ3) is 6.19. The maximum atomic E-state index is 14.0. The Kier molecular flexibility index (Phi) is 12.2. The van der Waals surface area contributed by atoms with E-state index in [1.54, 1.807) is 19.1 Å². The van der Waals surface area contributed by atoms with E-state index < -0.39 is 0 Å². The molecule has 0 unspecified atom stereocenters. The van der Waals surface area contributed by atoms with E-state index in [9.17, 15) is 4.39 Å². The summed E-state index contributed by atoms with van der Waals surface area (Å²) in [5, 5.41) is 16.4. The van der Waals surface area contributed by atoms with Crippen LogP contribution in [0.4, 0.5) is 4.39 Å². The van der Waals surface area contributed by atoms with Gasteiger partial charge in [0.05, 0.1) is 5.56 Å². The number of benzene rings is 2. The van der Waals surface area contributed by atoms with Crippen LogP contribution in [0, 0.1) is 26.6 Å². The molecule has 0 saturated carbocycles. The van der Waals surface area contributed by atoms with Crippen molar-refractivity contribution in [1.82, 2.24) is 20.4 Å². The molecule has 0 amide bonds. The van der Waals surface area contributed by atoms with Crippen LogP contribution in [-0.4, -0.2) is 20.4 Å². The monoisotopic (exact) mass is 384 g/mol. The fourth-order valence-corrected chi connectivity index (χ4v) is 2.51. The van der Waals surface area contributed by atoms with E-state index in [0.717, 1.165) is 22.3 Å². The Morgan fingerprint density at radius 1 is 0.536 bits per heavy atom. The quantitative estimate of drug-likeness (QED) is 0.491. The average Bonchev–Trinajstić information content (AvgIpc) is 2.73. The third-order valence-electron chi connectivity index (χ3n) is 3.63. The Bertz CT molecular complexity index is 720.